The van der Waals surface area contributed by atoms with Gasteiger partial charge in [-0.15, -0.1) is 5.10 Å². The van der Waals surface area contributed by atoms with Crippen LogP contribution >= 0.6 is 0 Å². The number of ether oxygens (including phenoxy) is 1. The Morgan fingerprint density at radius 3 is 2.81 bits per heavy atom. The van der Waals surface area contributed by atoms with Crippen LogP contribution < -0.4 is 5.56 Å². The molecule has 31 heavy (non-hydrogen) atoms. The van der Waals surface area contributed by atoms with Gasteiger partial charge in [0.2, 0.25) is 0 Å². The summed E-state index contributed by atoms with van der Waals surface area (Å²) in [5.41, 5.74) is 1.33. The SMILES string of the molecule is COCCn1c(C(=O)N2CCC(n3ccnn3)CC2)cc2c(=O)n3ccccc3nc21. The maximum Gasteiger partial charge on any atom is 0.270 e. The fourth-order valence-electron chi connectivity index (χ4n) is 4.25. The van der Waals surface area contributed by atoms with Crippen molar-refractivity contribution in [2.75, 3.05) is 26.8 Å². The predicted molar refractivity (Wildman–Crippen MR) is 113 cm³/mol. The third-order valence-electron chi connectivity index (χ3n) is 5.88. The average Bonchev–Trinajstić information content (AvgIpc) is 3.46. The highest BCUT2D eigenvalue weighted by Gasteiger charge is 2.28. The van der Waals surface area contributed by atoms with Gasteiger partial charge in [-0.05, 0) is 31.0 Å². The third kappa shape index (κ3) is 3.38. The molecule has 1 aliphatic rings. The van der Waals surface area contributed by atoms with Crippen LogP contribution in [0.5, 0.6) is 0 Å². The highest BCUT2D eigenvalue weighted by molar-refractivity contribution is 5.98. The van der Waals surface area contributed by atoms with Gasteiger partial charge >= 0.3 is 0 Å². The summed E-state index contributed by atoms with van der Waals surface area (Å²) in [6.07, 6.45) is 6.82. The van der Waals surface area contributed by atoms with Gasteiger partial charge in [-0.3, -0.25) is 14.0 Å². The average molecular weight is 421 g/mol. The topological polar surface area (TPSA) is 99.5 Å². The molecule has 0 aliphatic carbocycles. The van der Waals surface area contributed by atoms with E-state index in [4.69, 9.17) is 4.74 Å². The zero-order valence-corrected chi connectivity index (χ0v) is 17.2. The Hall–Kier alpha value is -3.53. The number of likely N-dealkylation sites (tertiary alicyclic amines) is 1. The molecule has 4 aromatic rings. The molecule has 1 saturated heterocycles. The van der Waals surface area contributed by atoms with Crippen LogP contribution in [0.3, 0.4) is 0 Å². The zero-order valence-electron chi connectivity index (χ0n) is 17.2. The molecule has 5 rings (SSSR count). The zero-order chi connectivity index (χ0) is 21.4. The second kappa shape index (κ2) is 7.95. The lowest BCUT2D eigenvalue weighted by Gasteiger charge is -2.32. The number of nitrogens with zero attached hydrogens (tertiary/aromatic N) is 7. The molecule has 1 amide bonds. The Labute approximate surface area is 177 Å². The van der Waals surface area contributed by atoms with Crippen molar-refractivity contribution >= 4 is 22.6 Å². The molecule has 0 N–H and O–H groups in total. The molecule has 1 aliphatic heterocycles. The number of hydrogen-bond donors (Lipinski definition) is 0. The predicted octanol–water partition coefficient (Wildman–Crippen LogP) is 1.36. The number of carbonyl (C=O) groups is 1. The largest absolute Gasteiger partial charge is 0.383 e. The summed E-state index contributed by atoms with van der Waals surface area (Å²) >= 11 is 0. The molecule has 0 atom stereocenters. The van der Waals surface area contributed by atoms with Crippen LogP contribution in [0.2, 0.25) is 0 Å². The lowest BCUT2D eigenvalue weighted by atomic mass is 10.0. The maximum atomic E-state index is 13.4. The number of methoxy groups -OCH3 is 1. The number of carbonyl (C=O) groups excluding carboxylic acids is 1. The fourth-order valence-corrected chi connectivity index (χ4v) is 4.25. The Bertz CT molecular complexity index is 1280. The van der Waals surface area contributed by atoms with Crippen LogP contribution in [0.15, 0.2) is 47.7 Å². The number of piperidine rings is 1. The number of fused-ring (bicyclic) bond motifs is 2. The van der Waals surface area contributed by atoms with Gasteiger partial charge in [0.1, 0.15) is 17.0 Å². The summed E-state index contributed by atoms with van der Waals surface area (Å²) in [5.74, 6) is -0.0976. The van der Waals surface area contributed by atoms with Crippen LogP contribution in [0.4, 0.5) is 0 Å². The molecular weight excluding hydrogens is 398 g/mol. The Balaban J connectivity index is 1.51. The number of amides is 1. The van der Waals surface area contributed by atoms with E-state index in [1.807, 2.05) is 21.8 Å². The molecule has 0 unspecified atom stereocenters. The van der Waals surface area contributed by atoms with Gasteiger partial charge in [0.15, 0.2) is 0 Å². The van der Waals surface area contributed by atoms with Crippen molar-refractivity contribution in [1.82, 2.24) is 33.8 Å². The van der Waals surface area contributed by atoms with E-state index in [1.165, 1.54) is 4.40 Å². The fraction of sp³-hybridized carbons (Fsp3) is 0.381. The van der Waals surface area contributed by atoms with Gasteiger partial charge < -0.3 is 14.2 Å². The highest BCUT2D eigenvalue weighted by atomic mass is 16.5. The van der Waals surface area contributed by atoms with Gasteiger partial charge in [-0.1, -0.05) is 11.3 Å². The van der Waals surface area contributed by atoms with Crippen molar-refractivity contribution < 1.29 is 9.53 Å². The van der Waals surface area contributed by atoms with E-state index in [0.29, 0.717) is 48.6 Å². The smallest absolute Gasteiger partial charge is 0.270 e. The van der Waals surface area contributed by atoms with Crippen molar-refractivity contribution in [3.63, 3.8) is 0 Å². The minimum Gasteiger partial charge on any atom is -0.383 e. The van der Waals surface area contributed by atoms with Crippen LogP contribution in [0.25, 0.3) is 16.7 Å². The van der Waals surface area contributed by atoms with E-state index < -0.39 is 0 Å². The van der Waals surface area contributed by atoms with Crippen LogP contribution in [0, 0.1) is 0 Å². The Morgan fingerprint density at radius 1 is 1.23 bits per heavy atom. The van der Waals surface area contributed by atoms with E-state index in [9.17, 15) is 9.59 Å². The highest BCUT2D eigenvalue weighted by Crippen LogP contribution is 2.24. The first kappa shape index (κ1) is 19.4. The molecule has 0 aromatic carbocycles. The first-order valence-electron chi connectivity index (χ1n) is 10.3. The van der Waals surface area contributed by atoms with E-state index in [-0.39, 0.29) is 17.5 Å². The van der Waals surface area contributed by atoms with E-state index in [0.717, 1.165) is 12.8 Å². The molecule has 160 valence electrons. The summed E-state index contributed by atoms with van der Waals surface area (Å²) in [6.45, 7) is 2.08. The molecule has 0 spiro atoms. The molecule has 10 heteroatoms. The standard InChI is InChI=1S/C21H23N7O3/c1-31-13-12-26-17(14-16-19(26)23-18-4-2-3-8-27(18)20(16)29)21(30)25-9-5-15(6-10-25)28-11-7-22-24-28/h2-4,7-8,11,14-15H,5-6,9-10,12-13H2,1H3. The minimum atomic E-state index is -0.185. The molecule has 0 bridgehead atoms. The third-order valence-corrected chi connectivity index (χ3v) is 5.88. The quantitative estimate of drug-likeness (QED) is 0.483. The summed E-state index contributed by atoms with van der Waals surface area (Å²) in [7, 11) is 1.61. The van der Waals surface area contributed by atoms with Crippen molar-refractivity contribution in [1.29, 1.82) is 0 Å². The molecule has 0 radical (unpaired) electrons. The number of pyridine rings is 1. The first-order valence-corrected chi connectivity index (χ1v) is 10.3. The monoisotopic (exact) mass is 421 g/mol. The van der Waals surface area contributed by atoms with E-state index in [1.54, 1.807) is 42.3 Å². The second-order valence-corrected chi connectivity index (χ2v) is 7.66. The van der Waals surface area contributed by atoms with E-state index >= 15 is 0 Å². The molecule has 5 heterocycles. The van der Waals surface area contributed by atoms with Crippen molar-refractivity contribution in [3.8, 4) is 0 Å². The van der Waals surface area contributed by atoms with Crippen molar-refractivity contribution in [3.05, 3.63) is 58.9 Å². The van der Waals surface area contributed by atoms with Crippen LogP contribution in [-0.4, -0.2) is 66.6 Å². The molecule has 4 aromatic heterocycles. The lowest BCUT2D eigenvalue weighted by molar-refractivity contribution is 0.0676. The van der Waals surface area contributed by atoms with Gasteiger partial charge in [0.05, 0.1) is 24.2 Å². The normalized spacial score (nSPS) is 15.2. The molecular formula is C21H23N7O3. The number of aromatic nitrogens is 6. The lowest BCUT2D eigenvalue weighted by Crippen LogP contribution is -2.40. The van der Waals surface area contributed by atoms with Crippen LogP contribution in [0.1, 0.15) is 29.4 Å². The second-order valence-electron chi connectivity index (χ2n) is 7.66. The molecule has 1 fully saturated rings. The van der Waals surface area contributed by atoms with E-state index in [2.05, 4.69) is 15.3 Å². The summed E-state index contributed by atoms with van der Waals surface area (Å²) < 4.78 is 10.4. The maximum absolute atomic E-state index is 13.4. The van der Waals surface area contributed by atoms with Crippen LogP contribution in [-0.2, 0) is 11.3 Å². The summed E-state index contributed by atoms with van der Waals surface area (Å²) in [5, 5.41) is 8.39. The molecule has 0 saturated carbocycles. The minimum absolute atomic E-state index is 0.0976. The molecule has 10 nitrogen and oxygen atoms in total. The van der Waals surface area contributed by atoms with Gasteiger partial charge in [0, 0.05) is 39.1 Å². The van der Waals surface area contributed by atoms with Gasteiger partial charge in [-0.25, -0.2) is 9.67 Å². The van der Waals surface area contributed by atoms with Gasteiger partial charge in [0.25, 0.3) is 11.5 Å². The van der Waals surface area contributed by atoms with Gasteiger partial charge in [-0.2, -0.15) is 0 Å². The first-order chi connectivity index (χ1) is 15.2. The number of hydrogen-bond acceptors (Lipinski definition) is 6. The Morgan fingerprint density at radius 2 is 2.06 bits per heavy atom. The summed E-state index contributed by atoms with van der Waals surface area (Å²) in [6, 6.07) is 7.31. The summed E-state index contributed by atoms with van der Waals surface area (Å²) in [4.78, 5) is 33.0. The number of rotatable bonds is 5. The Kier molecular flexibility index (Phi) is 4.99. The van der Waals surface area contributed by atoms with Crippen molar-refractivity contribution in [2.24, 2.45) is 0 Å². The van der Waals surface area contributed by atoms with Crippen molar-refractivity contribution in [2.45, 2.75) is 25.4 Å².